The fourth-order valence-electron chi connectivity index (χ4n) is 2.53. The molecule has 3 rings (SSSR count). The first-order chi connectivity index (χ1) is 9.33. The maximum atomic E-state index is 12.0. The van der Waals surface area contributed by atoms with E-state index in [0.29, 0.717) is 18.2 Å². The lowest BCUT2D eigenvalue weighted by Crippen LogP contribution is -2.26. The molecule has 1 aromatic carbocycles. The molecule has 0 aliphatic carbocycles. The molecule has 4 heteroatoms. The van der Waals surface area contributed by atoms with Gasteiger partial charge in [-0.2, -0.15) is 0 Å². The normalized spacial score (nSPS) is 18.8. The van der Waals surface area contributed by atoms with E-state index in [-0.39, 0.29) is 5.91 Å². The summed E-state index contributed by atoms with van der Waals surface area (Å²) in [6.45, 7) is 2.88. The molecule has 0 saturated carbocycles. The van der Waals surface area contributed by atoms with Gasteiger partial charge in [0.15, 0.2) is 5.76 Å². The third-order valence-corrected chi connectivity index (χ3v) is 3.65. The zero-order chi connectivity index (χ0) is 13.1. The van der Waals surface area contributed by atoms with E-state index in [1.165, 1.54) is 6.42 Å². The average molecular weight is 258 g/mol. The van der Waals surface area contributed by atoms with Gasteiger partial charge in [-0.15, -0.1) is 0 Å². The number of para-hydroxylation sites is 1. The molecule has 0 radical (unpaired) electrons. The van der Waals surface area contributed by atoms with Gasteiger partial charge in [-0.05, 0) is 44.0 Å². The van der Waals surface area contributed by atoms with Crippen molar-refractivity contribution >= 4 is 16.9 Å². The van der Waals surface area contributed by atoms with Crippen LogP contribution in [0.15, 0.2) is 34.7 Å². The van der Waals surface area contributed by atoms with Gasteiger partial charge in [0, 0.05) is 11.9 Å². The molecule has 19 heavy (non-hydrogen) atoms. The maximum Gasteiger partial charge on any atom is 0.287 e. The predicted octanol–water partition coefficient (Wildman–Crippen LogP) is 2.16. The van der Waals surface area contributed by atoms with Crippen LogP contribution in [0.1, 0.15) is 23.4 Å². The topological polar surface area (TPSA) is 54.3 Å². The van der Waals surface area contributed by atoms with Crippen LogP contribution in [-0.4, -0.2) is 25.5 Å². The molecule has 2 N–H and O–H groups in total. The Morgan fingerprint density at radius 1 is 1.42 bits per heavy atom. The van der Waals surface area contributed by atoms with E-state index in [2.05, 4.69) is 10.6 Å². The minimum absolute atomic E-state index is 0.123. The van der Waals surface area contributed by atoms with Crippen molar-refractivity contribution in [3.8, 4) is 0 Å². The zero-order valence-corrected chi connectivity index (χ0v) is 10.8. The van der Waals surface area contributed by atoms with E-state index >= 15 is 0 Å². The van der Waals surface area contributed by atoms with Crippen LogP contribution < -0.4 is 10.6 Å². The first-order valence-corrected chi connectivity index (χ1v) is 6.80. The number of furan rings is 1. The lowest BCUT2D eigenvalue weighted by atomic mass is 10.1. The zero-order valence-electron chi connectivity index (χ0n) is 10.8. The number of hydrogen-bond donors (Lipinski definition) is 2. The second-order valence-corrected chi connectivity index (χ2v) is 5.05. The minimum Gasteiger partial charge on any atom is -0.451 e. The molecule has 1 aliphatic rings. The van der Waals surface area contributed by atoms with Gasteiger partial charge in [-0.1, -0.05) is 18.2 Å². The number of carbonyl (C=O) groups is 1. The Morgan fingerprint density at radius 3 is 3.11 bits per heavy atom. The van der Waals surface area contributed by atoms with Crippen LogP contribution in [0.25, 0.3) is 11.0 Å². The van der Waals surface area contributed by atoms with E-state index in [1.54, 1.807) is 6.07 Å². The van der Waals surface area contributed by atoms with E-state index in [1.807, 2.05) is 24.3 Å². The number of carbonyl (C=O) groups excluding carboxylic acids is 1. The molecule has 1 atom stereocenters. The van der Waals surface area contributed by atoms with Gasteiger partial charge >= 0.3 is 0 Å². The van der Waals surface area contributed by atoms with Crippen LogP contribution in [0.4, 0.5) is 0 Å². The number of rotatable bonds is 4. The first kappa shape index (κ1) is 12.2. The summed E-state index contributed by atoms with van der Waals surface area (Å²) in [5.41, 5.74) is 0.757. The third kappa shape index (κ3) is 2.79. The SMILES string of the molecule is O=C(NCCC1CCNC1)c1cc2ccccc2o1. The monoisotopic (exact) mass is 258 g/mol. The van der Waals surface area contributed by atoms with Gasteiger partial charge in [0.25, 0.3) is 5.91 Å². The molecular formula is C15H18N2O2. The standard InChI is InChI=1S/C15H18N2O2/c18-15(17-8-6-11-5-7-16-10-11)14-9-12-3-1-2-4-13(12)19-14/h1-4,9,11,16H,5-8,10H2,(H,17,18). The summed E-state index contributed by atoms with van der Waals surface area (Å²) in [6.07, 6.45) is 2.24. The maximum absolute atomic E-state index is 12.0. The quantitative estimate of drug-likeness (QED) is 0.883. The number of amides is 1. The molecule has 1 aromatic heterocycles. The van der Waals surface area contributed by atoms with Crippen LogP contribution >= 0.6 is 0 Å². The Bertz CT molecular complexity index is 537. The highest BCUT2D eigenvalue weighted by molar-refractivity contribution is 5.95. The fraction of sp³-hybridized carbons (Fsp3) is 0.400. The number of hydrogen-bond acceptors (Lipinski definition) is 3. The van der Waals surface area contributed by atoms with Gasteiger partial charge in [-0.3, -0.25) is 4.79 Å². The lowest BCUT2D eigenvalue weighted by molar-refractivity contribution is 0.0926. The molecule has 2 aromatic rings. The highest BCUT2D eigenvalue weighted by atomic mass is 16.3. The highest BCUT2D eigenvalue weighted by Gasteiger charge is 2.15. The van der Waals surface area contributed by atoms with Gasteiger partial charge < -0.3 is 15.1 Å². The van der Waals surface area contributed by atoms with Crippen molar-refractivity contribution in [2.24, 2.45) is 5.92 Å². The minimum atomic E-state index is -0.123. The Hall–Kier alpha value is -1.81. The van der Waals surface area contributed by atoms with Gasteiger partial charge in [0.2, 0.25) is 0 Å². The largest absolute Gasteiger partial charge is 0.451 e. The molecule has 1 saturated heterocycles. The average Bonchev–Trinajstić information content (AvgIpc) is 3.07. The summed E-state index contributed by atoms with van der Waals surface area (Å²) < 4.78 is 5.53. The summed E-state index contributed by atoms with van der Waals surface area (Å²) in [6, 6.07) is 9.45. The van der Waals surface area contributed by atoms with Crippen LogP contribution in [0.3, 0.4) is 0 Å². The van der Waals surface area contributed by atoms with Crippen molar-refractivity contribution in [1.82, 2.24) is 10.6 Å². The second kappa shape index (κ2) is 5.45. The fourth-order valence-corrected chi connectivity index (χ4v) is 2.53. The number of nitrogens with one attached hydrogen (secondary N) is 2. The van der Waals surface area contributed by atoms with E-state index in [9.17, 15) is 4.79 Å². The van der Waals surface area contributed by atoms with Crippen molar-refractivity contribution < 1.29 is 9.21 Å². The van der Waals surface area contributed by atoms with Gasteiger partial charge in [-0.25, -0.2) is 0 Å². The molecule has 2 heterocycles. The summed E-state index contributed by atoms with van der Waals surface area (Å²) in [7, 11) is 0. The summed E-state index contributed by atoms with van der Waals surface area (Å²) in [4.78, 5) is 12.0. The van der Waals surface area contributed by atoms with Gasteiger partial charge in [0.1, 0.15) is 5.58 Å². The third-order valence-electron chi connectivity index (χ3n) is 3.65. The Kier molecular flexibility index (Phi) is 3.51. The predicted molar refractivity (Wildman–Crippen MR) is 74.1 cm³/mol. The molecule has 1 aliphatic heterocycles. The molecule has 0 bridgehead atoms. The number of fused-ring (bicyclic) bond motifs is 1. The van der Waals surface area contributed by atoms with Crippen LogP contribution in [0, 0.1) is 5.92 Å². The van der Waals surface area contributed by atoms with Crippen molar-refractivity contribution in [3.63, 3.8) is 0 Å². The molecule has 0 spiro atoms. The van der Waals surface area contributed by atoms with Crippen LogP contribution in [-0.2, 0) is 0 Å². The summed E-state index contributed by atoms with van der Waals surface area (Å²) in [5, 5.41) is 7.22. The molecular weight excluding hydrogens is 240 g/mol. The molecule has 100 valence electrons. The van der Waals surface area contributed by atoms with Crippen molar-refractivity contribution in [2.45, 2.75) is 12.8 Å². The Balaban J connectivity index is 1.57. The van der Waals surface area contributed by atoms with Crippen molar-refractivity contribution in [2.75, 3.05) is 19.6 Å². The second-order valence-electron chi connectivity index (χ2n) is 5.05. The summed E-state index contributed by atoms with van der Waals surface area (Å²) in [5.74, 6) is 0.962. The van der Waals surface area contributed by atoms with E-state index < -0.39 is 0 Å². The Labute approximate surface area is 112 Å². The van der Waals surface area contributed by atoms with Crippen LogP contribution in [0.5, 0.6) is 0 Å². The van der Waals surface area contributed by atoms with Gasteiger partial charge in [0.05, 0.1) is 0 Å². The lowest BCUT2D eigenvalue weighted by Gasteiger charge is -2.08. The molecule has 1 unspecified atom stereocenters. The summed E-state index contributed by atoms with van der Waals surface area (Å²) >= 11 is 0. The molecule has 1 amide bonds. The number of benzene rings is 1. The first-order valence-electron chi connectivity index (χ1n) is 6.80. The van der Waals surface area contributed by atoms with E-state index in [0.717, 1.165) is 30.5 Å². The smallest absolute Gasteiger partial charge is 0.287 e. The van der Waals surface area contributed by atoms with Crippen LogP contribution in [0.2, 0.25) is 0 Å². The molecule has 1 fully saturated rings. The van der Waals surface area contributed by atoms with Crippen molar-refractivity contribution in [3.05, 3.63) is 36.1 Å². The van der Waals surface area contributed by atoms with E-state index in [4.69, 9.17) is 4.42 Å². The highest BCUT2D eigenvalue weighted by Crippen LogP contribution is 2.18. The Morgan fingerprint density at radius 2 is 2.32 bits per heavy atom. The van der Waals surface area contributed by atoms with Crippen molar-refractivity contribution in [1.29, 1.82) is 0 Å². The molecule has 4 nitrogen and oxygen atoms in total.